The standard InChI is InChI=1S/C7H12N2OS2/c1-5-4-8-7(11-5)6(2)9-12(3)10/h4,6,9H,1-3H3. The van der Waals surface area contributed by atoms with Crippen molar-refractivity contribution in [1.29, 1.82) is 0 Å². The van der Waals surface area contributed by atoms with Crippen LogP contribution in [0, 0.1) is 6.92 Å². The summed E-state index contributed by atoms with van der Waals surface area (Å²) in [7, 11) is -0.970. The van der Waals surface area contributed by atoms with Gasteiger partial charge in [0.25, 0.3) is 0 Å². The van der Waals surface area contributed by atoms with Gasteiger partial charge in [-0.1, -0.05) is 0 Å². The Morgan fingerprint density at radius 3 is 2.83 bits per heavy atom. The molecule has 1 aromatic rings. The van der Waals surface area contributed by atoms with Crippen LogP contribution in [-0.4, -0.2) is 15.4 Å². The molecule has 0 fully saturated rings. The summed E-state index contributed by atoms with van der Waals surface area (Å²) in [5.41, 5.74) is 0. The lowest BCUT2D eigenvalue weighted by Gasteiger charge is -2.06. The van der Waals surface area contributed by atoms with Gasteiger partial charge in [-0.05, 0) is 13.8 Å². The van der Waals surface area contributed by atoms with E-state index in [1.807, 2.05) is 20.0 Å². The van der Waals surface area contributed by atoms with Crippen LogP contribution >= 0.6 is 11.3 Å². The minimum atomic E-state index is -0.970. The van der Waals surface area contributed by atoms with Crippen LogP contribution in [0.5, 0.6) is 0 Å². The molecule has 68 valence electrons. The highest BCUT2D eigenvalue weighted by Gasteiger charge is 2.09. The van der Waals surface area contributed by atoms with E-state index in [0.717, 1.165) is 5.01 Å². The summed E-state index contributed by atoms with van der Waals surface area (Å²) < 4.78 is 13.7. The third-order valence-corrected chi connectivity index (χ3v) is 3.13. The molecule has 1 aromatic heterocycles. The molecule has 5 heteroatoms. The smallest absolute Gasteiger partial charge is 0.110 e. The van der Waals surface area contributed by atoms with Gasteiger partial charge in [-0.25, -0.2) is 13.9 Å². The molecule has 0 spiro atoms. The molecule has 1 heterocycles. The second kappa shape index (κ2) is 4.11. The number of hydrogen-bond acceptors (Lipinski definition) is 3. The summed E-state index contributed by atoms with van der Waals surface area (Å²) in [5, 5.41) is 0.989. The Morgan fingerprint density at radius 2 is 2.42 bits per heavy atom. The third-order valence-electron chi connectivity index (χ3n) is 1.35. The van der Waals surface area contributed by atoms with Crippen LogP contribution < -0.4 is 4.72 Å². The van der Waals surface area contributed by atoms with Gasteiger partial charge in [0.05, 0.1) is 17.0 Å². The van der Waals surface area contributed by atoms with E-state index in [1.54, 1.807) is 17.6 Å². The molecule has 0 saturated carbocycles. The van der Waals surface area contributed by atoms with E-state index in [2.05, 4.69) is 9.71 Å². The van der Waals surface area contributed by atoms with E-state index < -0.39 is 11.0 Å². The van der Waals surface area contributed by atoms with Crippen LogP contribution in [0.25, 0.3) is 0 Å². The van der Waals surface area contributed by atoms with Gasteiger partial charge in [-0.15, -0.1) is 11.3 Å². The molecule has 3 nitrogen and oxygen atoms in total. The Morgan fingerprint density at radius 1 is 1.75 bits per heavy atom. The summed E-state index contributed by atoms with van der Waals surface area (Å²) in [6.45, 7) is 3.97. The van der Waals surface area contributed by atoms with Gasteiger partial charge in [-0.3, -0.25) is 0 Å². The van der Waals surface area contributed by atoms with Crippen molar-refractivity contribution in [2.45, 2.75) is 19.9 Å². The number of rotatable bonds is 3. The number of hydrogen-bond donors (Lipinski definition) is 1. The first-order valence-corrected chi connectivity index (χ1v) is 5.99. The van der Waals surface area contributed by atoms with Crippen molar-refractivity contribution in [3.63, 3.8) is 0 Å². The van der Waals surface area contributed by atoms with Gasteiger partial charge in [0.1, 0.15) is 5.01 Å². The second-order valence-electron chi connectivity index (χ2n) is 2.60. The number of aromatic nitrogens is 1. The summed E-state index contributed by atoms with van der Waals surface area (Å²) in [6, 6.07) is 0.0783. The molecule has 1 rings (SSSR count). The maximum Gasteiger partial charge on any atom is 0.110 e. The van der Waals surface area contributed by atoms with E-state index in [0.29, 0.717) is 0 Å². The van der Waals surface area contributed by atoms with Crippen molar-refractivity contribution in [3.8, 4) is 0 Å². The first kappa shape index (κ1) is 9.83. The topological polar surface area (TPSA) is 42.0 Å². The summed E-state index contributed by atoms with van der Waals surface area (Å²) in [5.74, 6) is 0. The lowest BCUT2D eigenvalue weighted by Crippen LogP contribution is -2.19. The fourth-order valence-corrected chi connectivity index (χ4v) is 2.33. The predicted molar refractivity (Wildman–Crippen MR) is 52.5 cm³/mol. The van der Waals surface area contributed by atoms with E-state index in [4.69, 9.17) is 0 Å². The fraction of sp³-hybridized carbons (Fsp3) is 0.571. The molecule has 0 aromatic carbocycles. The van der Waals surface area contributed by atoms with Crippen LogP contribution in [-0.2, 0) is 11.0 Å². The van der Waals surface area contributed by atoms with Crippen molar-refractivity contribution in [3.05, 3.63) is 16.1 Å². The average Bonchev–Trinajstić information content (AvgIpc) is 2.34. The quantitative estimate of drug-likeness (QED) is 0.808. The molecule has 2 atom stereocenters. The summed E-state index contributed by atoms with van der Waals surface area (Å²) in [6.07, 6.45) is 3.45. The molecule has 0 bridgehead atoms. The maximum absolute atomic E-state index is 10.8. The molecule has 0 saturated heterocycles. The third kappa shape index (κ3) is 2.66. The Balaban J connectivity index is 2.64. The first-order valence-electron chi connectivity index (χ1n) is 3.61. The van der Waals surface area contributed by atoms with E-state index in [9.17, 15) is 4.21 Å². The molecule has 1 N–H and O–H groups in total. The number of nitrogens with zero attached hydrogens (tertiary/aromatic N) is 1. The maximum atomic E-state index is 10.8. The number of nitrogens with one attached hydrogen (secondary N) is 1. The molecule has 0 aliphatic carbocycles. The van der Waals surface area contributed by atoms with E-state index in [-0.39, 0.29) is 6.04 Å². The Hall–Kier alpha value is -0.260. The molecular formula is C7H12N2OS2. The van der Waals surface area contributed by atoms with Crippen molar-refractivity contribution < 1.29 is 4.21 Å². The molecule has 0 amide bonds. The Labute approximate surface area is 78.8 Å². The van der Waals surface area contributed by atoms with Crippen LogP contribution in [0.4, 0.5) is 0 Å². The number of aryl methyl sites for hydroxylation is 1. The molecular weight excluding hydrogens is 192 g/mol. The highest BCUT2D eigenvalue weighted by atomic mass is 32.2. The van der Waals surface area contributed by atoms with E-state index >= 15 is 0 Å². The van der Waals surface area contributed by atoms with Crippen molar-refractivity contribution >= 4 is 22.3 Å². The fourth-order valence-electron chi connectivity index (χ4n) is 0.872. The van der Waals surface area contributed by atoms with Crippen molar-refractivity contribution in [1.82, 2.24) is 9.71 Å². The van der Waals surface area contributed by atoms with Gasteiger partial charge in [-0.2, -0.15) is 0 Å². The normalized spacial score (nSPS) is 15.9. The van der Waals surface area contributed by atoms with E-state index in [1.165, 1.54) is 4.88 Å². The van der Waals surface area contributed by atoms with Gasteiger partial charge in [0.15, 0.2) is 0 Å². The van der Waals surface area contributed by atoms with Gasteiger partial charge in [0, 0.05) is 17.3 Å². The largest absolute Gasteiger partial charge is 0.248 e. The minimum Gasteiger partial charge on any atom is -0.248 e. The number of thiazole rings is 1. The summed E-state index contributed by atoms with van der Waals surface area (Å²) >= 11 is 1.63. The van der Waals surface area contributed by atoms with Crippen LogP contribution in [0.2, 0.25) is 0 Å². The SMILES string of the molecule is Cc1cnc(C(C)NS(C)=O)s1. The van der Waals surface area contributed by atoms with Gasteiger partial charge < -0.3 is 0 Å². The molecule has 0 radical (unpaired) electrons. The second-order valence-corrected chi connectivity index (χ2v) is 5.01. The zero-order valence-electron chi connectivity index (χ0n) is 7.33. The zero-order chi connectivity index (χ0) is 9.14. The van der Waals surface area contributed by atoms with Crippen LogP contribution in [0.3, 0.4) is 0 Å². The predicted octanol–water partition coefficient (Wildman–Crippen LogP) is 1.40. The monoisotopic (exact) mass is 204 g/mol. The minimum absolute atomic E-state index is 0.0783. The highest BCUT2D eigenvalue weighted by molar-refractivity contribution is 7.82. The Bertz CT molecular complexity index is 285. The van der Waals surface area contributed by atoms with Crippen molar-refractivity contribution in [2.75, 3.05) is 6.26 Å². The highest BCUT2D eigenvalue weighted by Crippen LogP contribution is 2.18. The average molecular weight is 204 g/mol. The molecule has 0 aliphatic heterocycles. The molecule has 12 heavy (non-hydrogen) atoms. The van der Waals surface area contributed by atoms with Gasteiger partial charge in [0.2, 0.25) is 0 Å². The van der Waals surface area contributed by atoms with Crippen LogP contribution in [0.15, 0.2) is 6.20 Å². The Kier molecular flexibility index (Phi) is 3.37. The molecule has 2 unspecified atom stereocenters. The lowest BCUT2D eigenvalue weighted by atomic mass is 10.4. The van der Waals surface area contributed by atoms with Crippen molar-refractivity contribution in [2.24, 2.45) is 0 Å². The van der Waals surface area contributed by atoms with Crippen LogP contribution in [0.1, 0.15) is 22.9 Å². The lowest BCUT2D eigenvalue weighted by molar-refractivity contribution is 0.654. The zero-order valence-corrected chi connectivity index (χ0v) is 8.96. The summed E-state index contributed by atoms with van der Waals surface area (Å²) in [4.78, 5) is 5.37. The first-order chi connectivity index (χ1) is 5.59. The van der Waals surface area contributed by atoms with Gasteiger partial charge >= 0.3 is 0 Å². The molecule has 0 aliphatic rings.